The van der Waals surface area contributed by atoms with Crippen molar-refractivity contribution >= 4 is 23.5 Å². The minimum atomic E-state index is -1.06. The first-order valence-corrected chi connectivity index (χ1v) is 6.65. The van der Waals surface area contributed by atoms with E-state index in [4.69, 9.17) is 5.11 Å². The van der Waals surface area contributed by atoms with E-state index in [0.29, 0.717) is 6.07 Å². The third kappa shape index (κ3) is 3.57. The van der Waals surface area contributed by atoms with E-state index in [1.165, 1.54) is 0 Å². The molecule has 1 heterocycles. The smallest absolute Gasteiger partial charge is 0.305 e. The van der Waals surface area contributed by atoms with Crippen LogP contribution in [0.25, 0.3) is 0 Å². The van der Waals surface area contributed by atoms with E-state index in [1.54, 1.807) is 0 Å². The molecule has 0 bridgehead atoms. The predicted octanol–water partition coefficient (Wildman–Crippen LogP) is 0.909. The Morgan fingerprint density at radius 2 is 1.91 bits per heavy atom. The fourth-order valence-corrected chi connectivity index (χ4v) is 2.29. The third-order valence-electron chi connectivity index (χ3n) is 3.32. The molecule has 6 nitrogen and oxygen atoms in total. The number of carbonyl (C=O) groups is 3. The van der Waals surface area contributed by atoms with Gasteiger partial charge < -0.3 is 15.3 Å². The predicted molar refractivity (Wildman–Crippen MR) is 72.1 cm³/mol. The van der Waals surface area contributed by atoms with E-state index >= 15 is 0 Å². The molecule has 0 saturated carbocycles. The van der Waals surface area contributed by atoms with Crippen LogP contribution in [-0.4, -0.2) is 36.0 Å². The highest BCUT2D eigenvalue weighted by Crippen LogP contribution is 2.26. The number of rotatable bonds is 5. The number of nitrogens with zero attached hydrogens (tertiary/aromatic N) is 1. The van der Waals surface area contributed by atoms with Crippen molar-refractivity contribution in [2.75, 3.05) is 18.0 Å². The maximum absolute atomic E-state index is 13.2. The van der Waals surface area contributed by atoms with Gasteiger partial charge in [0.1, 0.15) is 17.6 Å². The Labute approximate surface area is 124 Å². The number of nitrogens with one attached hydrogen (secondary N) is 1. The number of benzene rings is 1. The molecule has 1 aliphatic heterocycles. The van der Waals surface area contributed by atoms with Crippen LogP contribution in [0.1, 0.15) is 12.8 Å². The summed E-state index contributed by atoms with van der Waals surface area (Å²) in [7, 11) is 0. The van der Waals surface area contributed by atoms with Gasteiger partial charge in [0.15, 0.2) is 0 Å². The maximum atomic E-state index is 13.2. The van der Waals surface area contributed by atoms with E-state index in [0.717, 1.165) is 17.0 Å². The molecule has 1 aromatic carbocycles. The Morgan fingerprint density at radius 3 is 2.50 bits per heavy atom. The van der Waals surface area contributed by atoms with Crippen LogP contribution in [0.3, 0.4) is 0 Å². The van der Waals surface area contributed by atoms with E-state index in [-0.39, 0.29) is 31.6 Å². The topological polar surface area (TPSA) is 86.7 Å². The van der Waals surface area contributed by atoms with Gasteiger partial charge in [0.05, 0.1) is 6.42 Å². The van der Waals surface area contributed by atoms with Crippen LogP contribution in [0.5, 0.6) is 0 Å². The molecule has 8 heteroatoms. The lowest BCUT2D eigenvalue weighted by Gasteiger charge is -2.17. The highest BCUT2D eigenvalue weighted by atomic mass is 19.1. The molecule has 118 valence electrons. The number of halogens is 2. The Hall–Kier alpha value is -2.51. The number of carboxylic acids is 1. The number of anilines is 1. The molecule has 1 aliphatic rings. The highest BCUT2D eigenvalue weighted by Gasteiger charge is 2.37. The summed E-state index contributed by atoms with van der Waals surface area (Å²) in [5.41, 5.74) is 0.0586. The van der Waals surface area contributed by atoms with Gasteiger partial charge in [0.2, 0.25) is 11.8 Å². The zero-order chi connectivity index (χ0) is 16.3. The lowest BCUT2D eigenvalue weighted by atomic mass is 10.1. The van der Waals surface area contributed by atoms with Gasteiger partial charge in [0, 0.05) is 24.8 Å². The summed E-state index contributed by atoms with van der Waals surface area (Å²) in [6, 6.07) is 2.73. The molecular formula is C14H14F2N2O4. The van der Waals surface area contributed by atoms with Gasteiger partial charge in [-0.25, -0.2) is 8.78 Å². The average molecular weight is 312 g/mol. The molecule has 0 spiro atoms. The van der Waals surface area contributed by atoms with Crippen LogP contribution in [-0.2, 0) is 14.4 Å². The summed E-state index contributed by atoms with van der Waals surface area (Å²) in [5, 5.41) is 10.9. The monoisotopic (exact) mass is 312 g/mol. The molecule has 1 unspecified atom stereocenters. The summed E-state index contributed by atoms with van der Waals surface area (Å²) < 4.78 is 26.4. The van der Waals surface area contributed by atoms with Gasteiger partial charge in [-0.15, -0.1) is 0 Å². The van der Waals surface area contributed by atoms with E-state index in [9.17, 15) is 23.2 Å². The Balaban J connectivity index is 2.03. The second-order valence-corrected chi connectivity index (χ2v) is 4.89. The van der Waals surface area contributed by atoms with Crippen molar-refractivity contribution in [1.82, 2.24) is 5.32 Å². The molecule has 2 N–H and O–H groups in total. The number of carboxylic acid groups (broad SMARTS) is 1. The van der Waals surface area contributed by atoms with Crippen LogP contribution in [0.2, 0.25) is 0 Å². The van der Waals surface area contributed by atoms with Crippen LogP contribution in [0.4, 0.5) is 14.5 Å². The zero-order valence-corrected chi connectivity index (χ0v) is 11.5. The number of carbonyl (C=O) groups excluding carboxylic acids is 2. The molecular weight excluding hydrogens is 298 g/mol. The lowest BCUT2D eigenvalue weighted by Crippen LogP contribution is -2.37. The van der Waals surface area contributed by atoms with Crippen LogP contribution in [0, 0.1) is 17.6 Å². The second-order valence-electron chi connectivity index (χ2n) is 4.89. The summed E-state index contributed by atoms with van der Waals surface area (Å²) >= 11 is 0. The van der Waals surface area contributed by atoms with Crippen LogP contribution >= 0.6 is 0 Å². The fourth-order valence-electron chi connectivity index (χ4n) is 2.29. The van der Waals surface area contributed by atoms with Crippen molar-refractivity contribution in [2.45, 2.75) is 12.8 Å². The Bertz CT molecular complexity index is 601. The van der Waals surface area contributed by atoms with Gasteiger partial charge in [-0.05, 0) is 18.6 Å². The van der Waals surface area contributed by atoms with Crippen molar-refractivity contribution in [3.63, 3.8) is 0 Å². The molecule has 0 radical (unpaired) electrons. The molecule has 22 heavy (non-hydrogen) atoms. The molecule has 1 fully saturated rings. The Kier molecular flexibility index (Phi) is 4.69. The van der Waals surface area contributed by atoms with Crippen molar-refractivity contribution in [2.24, 2.45) is 5.92 Å². The zero-order valence-electron chi connectivity index (χ0n) is 11.5. The fraction of sp³-hybridized carbons (Fsp3) is 0.357. The largest absolute Gasteiger partial charge is 0.481 e. The van der Waals surface area contributed by atoms with E-state index < -0.39 is 35.3 Å². The molecule has 0 aromatic heterocycles. The van der Waals surface area contributed by atoms with E-state index in [1.807, 2.05) is 0 Å². The standard InChI is InChI=1S/C14H14F2N2O4/c15-8-5-9(16)7-10(6-8)18-4-2-11(14(18)22)13(21)17-3-1-12(19)20/h5-7,11H,1-4H2,(H,17,21)(H,19,20). The van der Waals surface area contributed by atoms with Crippen LogP contribution < -0.4 is 10.2 Å². The number of hydrogen-bond acceptors (Lipinski definition) is 3. The molecule has 2 amide bonds. The van der Waals surface area contributed by atoms with Gasteiger partial charge in [-0.1, -0.05) is 0 Å². The van der Waals surface area contributed by atoms with Crippen molar-refractivity contribution in [3.8, 4) is 0 Å². The van der Waals surface area contributed by atoms with Crippen molar-refractivity contribution in [3.05, 3.63) is 29.8 Å². The minimum absolute atomic E-state index is 0.0586. The molecule has 1 atom stereocenters. The van der Waals surface area contributed by atoms with Crippen molar-refractivity contribution < 1.29 is 28.3 Å². The average Bonchev–Trinajstić information content (AvgIpc) is 2.79. The van der Waals surface area contributed by atoms with Gasteiger partial charge in [0.25, 0.3) is 0 Å². The number of amides is 2. The van der Waals surface area contributed by atoms with Gasteiger partial charge in [-0.2, -0.15) is 0 Å². The summed E-state index contributed by atoms with van der Waals surface area (Å²) in [5.74, 6) is -4.78. The summed E-state index contributed by atoms with van der Waals surface area (Å²) in [6.07, 6.45) is -0.0403. The normalized spacial score (nSPS) is 17.6. The molecule has 1 aromatic rings. The maximum Gasteiger partial charge on any atom is 0.305 e. The molecule has 1 saturated heterocycles. The van der Waals surface area contributed by atoms with Crippen molar-refractivity contribution in [1.29, 1.82) is 0 Å². The molecule has 0 aliphatic carbocycles. The summed E-state index contributed by atoms with van der Waals surface area (Å²) in [4.78, 5) is 35.5. The van der Waals surface area contributed by atoms with Gasteiger partial charge in [-0.3, -0.25) is 14.4 Å². The first-order chi connectivity index (χ1) is 10.4. The summed E-state index contributed by atoms with van der Waals surface area (Å²) in [6.45, 7) is 0.0886. The number of aliphatic carboxylic acids is 1. The Morgan fingerprint density at radius 1 is 1.27 bits per heavy atom. The third-order valence-corrected chi connectivity index (χ3v) is 3.32. The molecule has 2 rings (SSSR count). The lowest BCUT2D eigenvalue weighted by molar-refractivity contribution is -0.137. The SMILES string of the molecule is O=C(O)CCNC(=O)C1CCN(c2cc(F)cc(F)c2)C1=O. The van der Waals surface area contributed by atoms with Gasteiger partial charge >= 0.3 is 5.97 Å². The minimum Gasteiger partial charge on any atom is -0.481 e. The first kappa shape index (κ1) is 15.9. The highest BCUT2D eigenvalue weighted by molar-refractivity contribution is 6.09. The number of hydrogen-bond donors (Lipinski definition) is 2. The van der Waals surface area contributed by atoms with E-state index in [2.05, 4.69) is 5.32 Å². The second kappa shape index (κ2) is 6.50. The van der Waals surface area contributed by atoms with Crippen LogP contribution in [0.15, 0.2) is 18.2 Å². The quantitative estimate of drug-likeness (QED) is 0.791. The first-order valence-electron chi connectivity index (χ1n) is 6.65.